The maximum Gasteiger partial charge on any atom is 0.303 e. The molecule has 0 aliphatic rings. The number of carboxylic acid groups (broad SMARTS) is 1. The first kappa shape index (κ1) is 15.3. The minimum Gasteiger partial charge on any atom is -0.493 e. The summed E-state index contributed by atoms with van der Waals surface area (Å²) >= 11 is 0. The number of aliphatic carboxylic acids is 1. The highest BCUT2D eigenvalue weighted by Gasteiger charge is 2.15. The zero-order valence-electron chi connectivity index (χ0n) is 11.4. The highest BCUT2D eigenvalue weighted by Crippen LogP contribution is 2.34. The van der Waals surface area contributed by atoms with E-state index in [4.69, 9.17) is 14.6 Å². The van der Waals surface area contributed by atoms with Crippen LogP contribution in [0.5, 0.6) is 11.5 Å². The first-order chi connectivity index (χ1) is 8.93. The molecule has 0 saturated carbocycles. The maximum atomic E-state index is 13.5. The van der Waals surface area contributed by atoms with Crippen LogP contribution < -0.4 is 9.47 Å². The van der Waals surface area contributed by atoms with E-state index in [1.807, 2.05) is 13.8 Å². The molecule has 0 bridgehead atoms. The quantitative estimate of drug-likeness (QED) is 0.827. The number of methoxy groups -OCH3 is 1. The number of ether oxygens (including phenoxy) is 2. The number of hydrogen-bond donors (Lipinski definition) is 1. The van der Waals surface area contributed by atoms with E-state index in [2.05, 4.69) is 0 Å². The molecule has 0 saturated heterocycles. The molecule has 1 aromatic carbocycles. The molecule has 0 unspecified atom stereocenters. The number of halogens is 1. The fraction of sp³-hybridized carbons (Fsp3) is 0.500. The molecule has 0 fully saturated rings. The van der Waals surface area contributed by atoms with Gasteiger partial charge in [-0.15, -0.1) is 0 Å². The molecule has 0 aliphatic carbocycles. The van der Waals surface area contributed by atoms with Gasteiger partial charge in [0.15, 0.2) is 11.5 Å². The lowest BCUT2D eigenvalue weighted by atomic mass is 10.1. The van der Waals surface area contributed by atoms with Gasteiger partial charge in [0.1, 0.15) is 5.82 Å². The fourth-order valence-corrected chi connectivity index (χ4v) is 1.76. The van der Waals surface area contributed by atoms with Gasteiger partial charge in [-0.25, -0.2) is 4.39 Å². The van der Waals surface area contributed by atoms with Gasteiger partial charge in [-0.1, -0.05) is 0 Å². The van der Waals surface area contributed by atoms with E-state index in [-0.39, 0.29) is 12.5 Å². The second-order valence-corrected chi connectivity index (χ2v) is 4.51. The summed E-state index contributed by atoms with van der Waals surface area (Å²) < 4.78 is 24.2. The predicted molar refractivity (Wildman–Crippen MR) is 69.3 cm³/mol. The van der Waals surface area contributed by atoms with Crippen LogP contribution in [0.1, 0.15) is 32.3 Å². The van der Waals surface area contributed by atoms with Gasteiger partial charge in [0.2, 0.25) is 0 Å². The number of aryl methyl sites for hydroxylation is 1. The SMILES string of the molecule is COc1cc(F)cc(CCCC(=O)O)c1OC(C)C. The third kappa shape index (κ3) is 4.77. The molecule has 0 aromatic heterocycles. The zero-order valence-corrected chi connectivity index (χ0v) is 11.4. The van der Waals surface area contributed by atoms with Crippen molar-refractivity contribution in [3.05, 3.63) is 23.5 Å². The van der Waals surface area contributed by atoms with Gasteiger partial charge in [0, 0.05) is 18.1 Å². The van der Waals surface area contributed by atoms with Crippen LogP contribution >= 0.6 is 0 Å². The van der Waals surface area contributed by atoms with Gasteiger partial charge in [0.05, 0.1) is 13.2 Å². The molecule has 0 aliphatic heterocycles. The van der Waals surface area contributed by atoms with Crippen molar-refractivity contribution in [2.24, 2.45) is 0 Å². The standard InChI is InChI=1S/C14H19FO4/c1-9(2)19-14-10(5-4-6-13(16)17)7-11(15)8-12(14)18-3/h7-9H,4-6H2,1-3H3,(H,16,17). The Kier molecular flexibility index (Phi) is 5.60. The maximum absolute atomic E-state index is 13.5. The molecule has 19 heavy (non-hydrogen) atoms. The van der Waals surface area contributed by atoms with Crippen molar-refractivity contribution in [2.75, 3.05) is 7.11 Å². The number of carbonyl (C=O) groups is 1. The second-order valence-electron chi connectivity index (χ2n) is 4.51. The van der Waals surface area contributed by atoms with Gasteiger partial charge in [-0.3, -0.25) is 4.79 Å². The molecular formula is C14H19FO4. The van der Waals surface area contributed by atoms with E-state index in [0.717, 1.165) is 0 Å². The van der Waals surface area contributed by atoms with E-state index in [1.54, 1.807) is 0 Å². The third-order valence-corrected chi connectivity index (χ3v) is 2.51. The van der Waals surface area contributed by atoms with Crippen molar-refractivity contribution in [3.8, 4) is 11.5 Å². The Morgan fingerprint density at radius 1 is 1.42 bits per heavy atom. The van der Waals surface area contributed by atoms with E-state index < -0.39 is 11.8 Å². The van der Waals surface area contributed by atoms with Crippen LogP contribution in [0.3, 0.4) is 0 Å². The molecule has 5 heteroatoms. The number of hydrogen-bond acceptors (Lipinski definition) is 3. The topological polar surface area (TPSA) is 55.8 Å². The van der Waals surface area contributed by atoms with Crippen molar-refractivity contribution < 1.29 is 23.8 Å². The molecule has 106 valence electrons. The summed E-state index contributed by atoms with van der Waals surface area (Å²) in [4.78, 5) is 10.5. The predicted octanol–water partition coefficient (Wildman–Crippen LogP) is 3.03. The van der Waals surface area contributed by atoms with Gasteiger partial charge in [-0.2, -0.15) is 0 Å². The van der Waals surface area contributed by atoms with Crippen molar-refractivity contribution in [2.45, 2.75) is 39.2 Å². The molecule has 0 heterocycles. The normalized spacial score (nSPS) is 10.6. The number of carboxylic acids is 1. The lowest BCUT2D eigenvalue weighted by molar-refractivity contribution is -0.137. The Labute approximate surface area is 112 Å². The summed E-state index contributed by atoms with van der Waals surface area (Å²) in [6.07, 6.45) is 0.830. The average molecular weight is 270 g/mol. The average Bonchev–Trinajstić information content (AvgIpc) is 2.31. The van der Waals surface area contributed by atoms with E-state index in [9.17, 15) is 9.18 Å². The summed E-state index contributed by atoms with van der Waals surface area (Å²) in [6, 6.07) is 2.63. The summed E-state index contributed by atoms with van der Waals surface area (Å²) in [6.45, 7) is 3.73. The molecule has 0 atom stereocenters. The lowest BCUT2D eigenvalue weighted by Crippen LogP contribution is -2.09. The lowest BCUT2D eigenvalue weighted by Gasteiger charge is -2.17. The van der Waals surface area contributed by atoms with E-state index in [0.29, 0.717) is 29.9 Å². The smallest absolute Gasteiger partial charge is 0.303 e. The van der Waals surface area contributed by atoms with Crippen molar-refractivity contribution in [3.63, 3.8) is 0 Å². The van der Waals surface area contributed by atoms with Crippen LogP contribution in [0, 0.1) is 5.82 Å². The molecule has 0 radical (unpaired) electrons. The van der Waals surface area contributed by atoms with Crippen LogP contribution in [0.2, 0.25) is 0 Å². The Morgan fingerprint density at radius 3 is 2.63 bits per heavy atom. The molecule has 0 spiro atoms. The molecule has 1 aromatic rings. The van der Waals surface area contributed by atoms with Gasteiger partial charge >= 0.3 is 5.97 Å². The minimum absolute atomic E-state index is 0.0416. The number of benzene rings is 1. The highest BCUT2D eigenvalue weighted by atomic mass is 19.1. The van der Waals surface area contributed by atoms with Crippen molar-refractivity contribution >= 4 is 5.97 Å². The number of rotatable bonds is 7. The molecule has 0 amide bonds. The molecule has 1 N–H and O–H groups in total. The first-order valence-corrected chi connectivity index (χ1v) is 6.19. The van der Waals surface area contributed by atoms with Gasteiger partial charge < -0.3 is 14.6 Å². The Bertz CT molecular complexity index is 443. The van der Waals surface area contributed by atoms with Gasteiger partial charge in [-0.05, 0) is 32.8 Å². The zero-order chi connectivity index (χ0) is 14.4. The van der Waals surface area contributed by atoms with Crippen LogP contribution in [-0.4, -0.2) is 24.3 Å². The van der Waals surface area contributed by atoms with Crippen LogP contribution in [0.25, 0.3) is 0 Å². The van der Waals surface area contributed by atoms with E-state index in [1.165, 1.54) is 19.2 Å². The first-order valence-electron chi connectivity index (χ1n) is 6.19. The molecule has 1 rings (SSSR count). The second kappa shape index (κ2) is 6.97. The summed E-state index contributed by atoms with van der Waals surface area (Å²) in [7, 11) is 1.45. The monoisotopic (exact) mass is 270 g/mol. The summed E-state index contributed by atoms with van der Waals surface area (Å²) in [5.74, 6) is -0.462. The fourth-order valence-electron chi connectivity index (χ4n) is 1.76. The van der Waals surface area contributed by atoms with Crippen LogP contribution in [0.4, 0.5) is 4.39 Å². The summed E-state index contributed by atoms with van der Waals surface area (Å²) in [5.41, 5.74) is 0.631. The largest absolute Gasteiger partial charge is 0.493 e. The van der Waals surface area contributed by atoms with Crippen LogP contribution in [-0.2, 0) is 11.2 Å². The third-order valence-electron chi connectivity index (χ3n) is 2.51. The molecule has 4 nitrogen and oxygen atoms in total. The van der Waals surface area contributed by atoms with E-state index >= 15 is 0 Å². The Hall–Kier alpha value is -1.78. The highest BCUT2D eigenvalue weighted by molar-refractivity contribution is 5.66. The van der Waals surface area contributed by atoms with Crippen LogP contribution in [0.15, 0.2) is 12.1 Å². The molecular weight excluding hydrogens is 251 g/mol. The van der Waals surface area contributed by atoms with Crippen molar-refractivity contribution in [1.29, 1.82) is 0 Å². The summed E-state index contributed by atoms with van der Waals surface area (Å²) in [5, 5.41) is 8.63. The van der Waals surface area contributed by atoms with Gasteiger partial charge in [0.25, 0.3) is 0 Å². The van der Waals surface area contributed by atoms with Crippen molar-refractivity contribution in [1.82, 2.24) is 0 Å². The minimum atomic E-state index is -0.866. The Balaban J connectivity index is 2.97. The Morgan fingerprint density at radius 2 is 2.11 bits per heavy atom.